The molecule has 106 valence electrons. The minimum Gasteiger partial charge on any atom is -0.447 e. The van der Waals surface area contributed by atoms with Crippen LogP contribution in [0.2, 0.25) is 0 Å². The number of thiazole rings is 1. The SMILES string of the molecule is CC1(C)COC(=O)N1c1nc(-c2ccc(C#N)cc2)cs1. The van der Waals surface area contributed by atoms with Crippen molar-refractivity contribution < 1.29 is 9.53 Å². The Hall–Kier alpha value is -2.39. The van der Waals surface area contributed by atoms with E-state index in [4.69, 9.17) is 10.00 Å². The molecule has 3 rings (SSSR count). The van der Waals surface area contributed by atoms with Crippen LogP contribution in [0.5, 0.6) is 0 Å². The first-order chi connectivity index (χ1) is 10.0. The highest BCUT2D eigenvalue weighted by Gasteiger charge is 2.42. The molecule has 6 heteroatoms. The number of nitrogens with zero attached hydrogens (tertiary/aromatic N) is 3. The van der Waals surface area contributed by atoms with Crippen molar-refractivity contribution in [3.05, 3.63) is 35.2 Å². The quantitative estimate of drug-likeness (QED) is 0.852. The molecule has 1 aliphatic heterocycles. The van der Waals surface area contributed by atoms with Gasteiger partial charge in [0, 0.05) is 10.9 Å². The summed E-state index contributed by atoms with van der Waals surface area (Å²) in [6.45, 7) is 4.25. The monoisotopic (exact) mass is 299 g/mol. The number of nitriles is 1. The minimum atomic E-state index is -0.392. The molecule has 0 saturated carbocycles. The summed E-state index contributed by atoms with van der Waals surface area (Å²) in [4.78, 5) is 18.0. The molecule has 2 heterocycles. The Balaban J connectivity index is 1.93. The maximum absolute atomic E-state index is 11.9. The van der Waals surface area contributed by atoms with Gasteiger partial charge in [-0.15, -0.1) is 11.3 Å². The summed E-state index contributed by atoms with van der Waals surface area (Å²) < 4.78 is 5.10. The smallest absolute Gasteiger partial charge is 0.416 e. The number of cyclic esters (lactones) is 1. The van der Waals surface area contributed by atoms with Crippen molar-refractivity contribution in [2.75, 3.05) is 11.5 Å². The summed E-state index contributed by atoms with van der Waals surface area (Å²) in [7, 11) is 0. The first-order valence-corrected chi connectivity index (χ1v) is 7.32. The molecule has 1 amide bonds. The van der Waals surface area contributed by atoms with Gasteiger partial charge in [0.25, 0.3) is 0 Å². The van der Waals surface area contributed by atoms with E-state index in [9.17, 15) is 4.79 Å². The van der Waals surface area contributed by atoms with Gasteiger partial charge in [0.15, 0.2) is 5.13 Å². The van der Waals surface area contributed by atoms with Crippen LogP contribution in [0.4, 0.5) is 9.93 Å². The second kappa shape index (κ2) is 4.86. The molecule has 1 aromatic carbocycles. The lowest BCUT2D eigenvalue weighted by molar-refractivity contribution is 0.175. The zero-order chi connectivity index (χ0) is 15.0. The van der Waals surface area contributed by atoms with Crippen molar-refractivity contribution in [1.29, 1.82) is 5.26 Å². The van der Waals surface area contributed by atoms with Gasteiger partial charge in [0.05, 0.1) is 22.9 Å². The second-order valence-corrected chi connectivity index (χ2v) is 6.24. The molecule has 1 fully saturated rings. The molecule has 0 spiro atoms. The van der Waals surface area contributed by atoms with Crippen LogP contribution in [-0.4, -0.2) is 23.2 Å². The Kier molecular flexibility index (Phi) is 3.15. The third-order valence-electron chi connectivity index (χ3n) is 3.33. The van der Waals surface area contributed by atoms with Gasteiger partial charge in [0.1, 0.15) is 6.61 Å². The minimum absolute atomic E-state index is 0.359. The molecule has 21 heavy (non-hydrogen) atoms. The number of benzene rings is 1. The van der Waals surface area contributed by atoms with Gasteiger partial charge >= 0.3 is 6.09 Å². The molecule has 1 saturated heterocycles. The molecule has 0 radical (unpaired) electrons. The Morgan fingerprint density at radius 2 is 2.10 bits per heavy atom. The van der Waals surface area contributed by atoms with Crippen molar-refractivity contribution in [3.8, 4) is 17.3 Å². The number of carbonyl (C=O) groups excluding carboxylic acids is 1. The van der Waals surface area contributed by atoms with Crippen LogP contribution < -0.4 is 4.90 Å². The average Bonchev–Trinajstić information content (AvgIpc) is 3.04. The van der Waals surface area contributed by atoms with Crippen LogP contribution in [0.3, 0.4) is 0 Å². The van der Waals surface area contributed by atoms with E-state index in [1.54, 1.807) is 17.0 Å². The second-order valence-electron chi connectivity index (χ2n) is 5.41. The zero-order valence-corrected chi connectivity index (χ0v) is 12.5. The first-order valence-electron chi connectivity index (χ1n) is 6.44. The predicted molar refractivity (Wildman–Crippen MR) is 80.2 cm³/mol. The molecule has 0 atom stereocenters. The lowest BCUT2D eigenvalue weighted by Crippen LogP contribution is -2.42. The van der Waals surface area contributed by atoms with Crippen LogP contribution in [-0.2, 0) is 4.74 Å². The standard InChI is InChI=1S/C15H13N3O2S/c1-15(2)9-20-14(19)18(15)13-17-12(8-21-13)11-5-3-10(7-16)4-6-11/h3-6,8H,9H2,1-2H3. The third-order valence-corrected chi connectivity index (χ3v) is 4.16. The maximum Gasteiger partial charge on any atom is 0.416 e. The van der Waals surface area contributed by atoms with Crippen LogP contribution >= 0.6 is 11.3 Å². The summed E-state index contributed by atoms with van der Waals surface area (Å²) in [5.74, 6) is 0. The fourth-order valence-electron chi connectivity index (χ4n) is 2.17. The molecular formula is C15H13N3O2S. The third kappa shape index (κ3) is 2.36. The summed E-state index contributed by atoms with van der Waals surface area (Å²) >= 11 is 1.41. The highest BCUT2D eigenvalue weighted by Crippen LogP contribution is 2.35. The number of hydrogen-bond acceptors (Lipinski definition) is 5. The van der Waals surface area contributed by atoms with Crippen LogP contribution in [0.15, 0.2) is 29.6 Å². The molecule has 1 aliphatic rings. The molecule has 1 aromatic heterocycles. The van der Waals surface area contributed by atoms with E-state index in [2.05, 4.69) is 11.1 Å². The van der Waals surface area contributed by atoms with E-state index in [0.29, 0.717) is 17.3 Å². The van der Waals surface area contributed by atoms with Crippen molar-refractivity contribution >= 4 is 22.6 Å². The topological polar surface area (TPSA) is 66.2 Å². The average molecular weight is 299 g/mol. The van der Waals surface area contributed by atoms with Crippen LogP contribution in [0.1, 0.15) is 19.4 Å². The van der Waals surface area contributed by atoms with Gasteiger partial charge in [-0.1, -0.05) is 12.1 Å². The summed E-state index contributed by atoms with van der Waals surface area (Å²) in [6.07, 6.45) is -0.360. The largest absolute Gasteiger partial charge is 0.447 e. The van der Waals surface area contributed by atoms with E-state index in [0.717, 1.165) is 11.3 Å². The molecular weight excluding hydrogens is 286 g/mol. The highest BCUT2D eigenvalue weighted by molar-refractivity contribution is 7.14. The number of hydrogen-bond donors (Lipinski definition) is 0. The molecule has 0 bridgehead atoms. The fraction of sp³-hybridized carbons (Fsp3) is 0.267. The molecule has 2 aromatic rings. The predicted octanol–water partition coefficient (Wildman–Crippen LogP) is 3.42. The molecule has 0 N–H and O–H groups in total. The first kappa shape index (κ1) is 13.6. The number of amides is 1. The maximum atomic E-state index is 11.9. The van der Waals surface area contributed by atoms with E-state index in [1.807, 2.05) is 31.4 Å². The Bertz CT molecular complexity index is 728. The van der Waals surface area contributed by atoms with Gasteiger partial charge in [-0.3, -0.25) is 0 Å². The lowest BCUT2D eigenvalue weighted by atomic mass is 10.1. The van der Waals surface area contributed by atoms with Gasteiger partial charge in [0.2, 0.25) is 0 Å². The van der Waals surface area contributed by atoms with Gasteiger partial charge < -0.3 is 4.74 Å². The summed E-state index contributed by atoms with van der Waals surface area (Å²) in [6, 6.07) is 9.29. The lowest BCUT2D eigenvalue weighted by Gasteiger charge is -2.24. The van der Waals surface area contributed by atoms with E-state index in [-0.39, 0.29) is 6.09 Å². The van der Waals surface area contributed by atoms with Crippen molar-refractivity contribution in [1.82, 2.24) is 4.98 Å². The summed E-state index contributed by atoms with van der Waals surface area (Å²) in [5.41, 5.74) is 1.92. The molecule has 0 unspecified atom stereocenters. The number of anilines is 1. The van der Waals surface area contributed by atoms with E-state index < -0.39 is 5.54 Å². The fourth-order valence-corrected chi connectivity index (χ4v) is 3.15. The normalized spacial score (nSPS) is 16.6. The molecule has 0 aliphatic carbocycles. The zero-order valence-electron chi connectivity index (χ0n) is 11.7. The number of rotatable bonds is 2. The van der Waals surface area contributed by atoms with E-state index >= 15 is 0 Å². The number of aromatic nitrogens is 1. The van der Waals surface area contributed by atoms with E-state index in [1.165, 1.54) is 11.3 Å². The molecule has 5 nitrogen and oxygen atoms in total. The number of ether oxygens (including phenoxy) is 1. The van der Waals surface area contributed by atoms with Gasteiger partial charge in [-0.25, -0.2) is 14.7 Å². The Morgan fingerprint density at radius 3 is 2.67 bits per heavy atom. The highest BCUT2D eigenvalue weighted by atomic mass is 32.1. The van der Waals surface area contributed by atoms with Crippen molar-refractivity contribution in [2.24, 2.45) is 0 Å². The van der Waals surface area contributed by atoms with Crippen molar-refractivity contribution in [3.63, 3.8) is 0 Å². The van der Waals surface area contributed by atoms with Crippen molar-refractivity contribution in [2.45, 2.75) is 19.4 Å². The number of carbonyl (C=O) groups is 1. The van der Waals surface area contributed by atoms with Gasteiger partial charge in [-0.2, -0.15) is 5.26 Å². The Morgan fingerprint density at radius 1 is 1.38 bits per heavy atom. The van der Waals surface area contributed by atoms with Gasteiger partial charge in [-0.05, 0) is 26.0 Å². The Labute approximate surface area is 126 Å². The summed E-state index contributed by atoms with van der Waals surface area (Å²) in [5, 5.41) is 11.3. The van der Waals surface area contributed by atoms with Crippen LogP contribution in [0.25, 0.3) is 11.3 Å². The van der Waals surface area contributed by atoms with Crippen LogP contribution in [0, 0.1) is 11.3 Å².